The number of carbonyl (C=O) groups is 1. The number of piperidine rings is 1. The van der Waals surface area contributed by atoms with Crippen LogP contribution in [0.25, 0.3) is 0 Å². The second-order valence-corrected chi connectivity index (χ2v) is 5.38. The fraction of sp³-hybridized carbons (Fsp3) is 0.533. The molecule has 1 aliphatic rings. The molecule has 3 nitrogen and oxygen atoms in total. The maximum Gasteiger partial charge on any atom is 0.256 e. The van der Waals surface area contributed by atoms with Crippen molar-refractivity contribution in [2.45, 2.75) is 19.8 Å². The molecule has 0 bridgehead atoms. The Bertz CT molecular complexity index is 455. The van der Waals surface area contributed by atoms with Gasteiger partial charge in [0.1, 0.15) is 5.82 Å². The van der Waals surface area contributed by atoms with E-state index in [2.05, 4.69) is 5.32 Å². The molecule has 1 saturated heterocycles. The van der Waals surface area contributed by atoms with Crippen molar-refractivity contribution in [3.8, 4) is 0 Å². The molecule has 1 aliphatic heterocycles. The van der Waals surface area contributed by atoms with Crippen LogP contribution in [0.15, 0.2) is 18.2 Å². The number of hydrogen-bond donors (Lipinski definition) is 1. The Kier molecular flexibility index (Phi) is 4.53. The second-order valence-electron chi connectivity index (χ2n) is 5.38. The van der Waals surface area contributed by atoms with Crippen molar-refractivity contribution in [1.82, 2.24) is 10.2 Å². The third-order valence-corrected chi connectivity index (χ3v) is 3.63. The first-order valence-corrected chi connectivity index (χ1v) is 6.80. The highest BCUT2D eigenvalue weighted by Gasteiger charge is 2.20. The van der Waals surface area contributed by atoms with E-state index in [0.29, 0.717) is 12.5 Å². The molecule has 0 aliphatic carbocycles. The van der Waals surface area contributed by atoms with Crippen LogP contribution in [0.3, 0.4) is 0 Å². The lowest BCUT2D eigenvalue weighted by Crippen LogP contribution is -2.39. The minimum atomic E-state index is -0.432. The van der Waals surface area contributed by atoms with E-state index in [1.807, 2.05) is 6.92 Å². The average molecular weight is 264 g/mol. The Balaban J connectivity index is 2.01. The van der Waals surface area contributed by atoms with Gasteiger partial charge < -0.3 is 10.2 Å². The smallest absolute Gasteiger partial charge is 0.256 e. The topological polar surface area (TPSA) is 32.3 Å². The summed E-state index contributed by atoms with van der Waals surface area (Å²) in [5.41, 5.74) is 0.991. The first-order chi connectivity index (χ1) is 9.08. The molecule has 1 amide bonds. The molecule has 1 unspecified atom stereocenters. The Labute approximate surface area is 113 Å². The van der Waals surface area contributed by atoms with E-state index in [-0.39, 0.29) is 11.5 Å². The van der Waals surface area contributed by atoms with Crippen LogP contribution in [-0.4, -0.2) is 37.5 Å². The van der Waals surface area contributed by atoms with Crippen molar-refractivity contribution in [2.75, 3.05) is 26.7 Å². The zero-order valence-corrected chi connectivity index (χ0v) is 11.6. The molecule has 1 aromatic carbocycles. The van der Waals surface area contributed by atoms with Gasteiger partial charge in [-0.3, -0.25) is 4.79 Å². The van der Waals surface area contributed by atoms with Gasteiger partial charge in [-0.05, 0) is 56.5 Å². The van der Waals surface area contributed by atoms with Crippen molar-refractivity contribution < 1.29 is 9.18 Å². The van der Waals surface area contributed by atoms with Crippen LogP contribution in [0.4, 0.5) is 4.39 Å². The van der Waals surface area contributed by atoms with Crippen LogP contribution in [0.1, 0.15) is 28.8 Å². The first kappa shape index (κ1) is 14.0. The average Bonchev–Trinajstić information content (AvgIpc) is 2.39. The van der Waals surface area contributed by atoms with Crippen molar-refractivity contribution in [1.29, 1.82) is 0 Å². The predicted octanol–water partition coefficient (Wildman–Crippen LogP) is 2.21. The molecule has 1 N–H and O–H groups in total. The molecule has 1 aromatic rings. The van der Waals surface area contributed by atoms with Crippen molar-refractivity contribution in [2.24, 2.45) is 5.92 Å². The maximum absolute atomic E-state index is 13.8. The molecule has 1 atom stereocenters. The Morgan fingerprint density at radius 3 is 2.95 bits per heavy atom. The van der Waals surface area contributed by atoms with Crippen LogP contribution in [0, 0.1) is 18.7 Å². The zero-order valence-electron chi connectivity index (χ0n) is 11.6. The van der Waals surface area contributed by atoms with Gasteiger partial charge in [0, 0.05) is 13.6 Å². The van der Waals surface area contributed by atoms with Crippen LogP contribution in [0.5, 0.6) is 0 Å². The minimum Gasteiger partial charge on any atom is -0.341 e. The summed E-state index contributed by atoms with van der Waals surface area (Å²) in [6.07, 6.45) is 2.27. The van der Waals surface area contributed by atoms with Gasteiger partial charge in [-0.1, -0.05) is 6.07 Å². The fourth-order valence-corrected chi connectivity index (χ4v) is 2.55. The number of carbonyl (C=O) groups excluding carboxylic acids is 1. The fourth-order valence-electron chi connectivity index (χ4n) is 2.55. The van der Waals surface area contributed by atoms with E-state index in [0.717, 1.165) is 31.5 Å². The van der Waals surface area contributed by atoms with Gasteiger partial charge in [0.25, 0.3) is 5.91 Å². The molecule has 1 heterocycles. The van der Waals surface area contributed by atoms with Gasteiger partial charge in [0.05, 0.1) is 5.56 Å². The number of amides is 1. The van der Waals surface area contributed by atoms with Crippen LogP contribution < -0.4 is 5.32 Å². The summed E-state index contributed by atoms with van der Waals surface area (Å²) in [4.78, 5) is 13.8. The van der Waals surface area contributed by atoms with Gasteiger partial charge in [-0.15, -0.1) is 0 Å². The number of hydrogen-bond acceptors (Lipinski definition) is 2. The lowest BCUT2D eigenvalue weighted by atomic mass is 9.99. The number of rotatable bonds is 3. The molecular weight excluding hydrogens is 243 g/mol. The molecule has 19 heavy (non-hydrogen) atoms. The molecule has 0 spiro atoms. The Hall–Kier alpha value is -1.42. The number of halogens is 1. The molecule has 4 heteroatoms. The van der Waals surface area contributed by atoms with Crippen molar-refractivity contribution in [3.63, 3.8) is 0 Å². The van der Waals surface area contributed by atoms with Crippen LogP contribution in [0.2, 0.25) is 0 Å². The maximum atomic E-state index is 13.8. The standard InChI is InChI=1S/C15H21FN2O/c1-11-5-6-13(14(16)8-11)15(19)18(2)10-12-4-3-7-17-9-12/h5-6,8,12,17H,3-4,7,9-10H2,1-2H3. The highest BCUT2D eigenvalue weighted by molar-refractivity contribution is 5.94. The molecule has 0 radical (unpaired) electrons. The van der Waals surface area contributed by atoms with E-state index in [9.17, 15) is 9.18 Å². The normalized spacial score (nSPS) is 19.2. The lowest BCUT2D eigenvalue weighted by molar-refractivity contribution is 0.0760. The lowest BCUT2D eigenvalue weighted by Gasteiger charge is -2.27. The molecule has 0 aromatic heterocycles. The van der Waals surface area contributed by atoms with E-state index in [1.165, 1.54) is 6.07 Å². The van der Waals surface area contributed by atoms with Gasteiger partial charge >= 0.3 is 0 Å². The van der Waals surface area contributed by atoms with Crippen molar-refractivity contribution >= 4 is 5.91 Å². The molecule has 0 saturated carbocycles. The monoisotopic (exact) mass is 264 g/mol. The quantitative estimate of drug-likeness (QED) is 0.907. The van der Waals surface area contributed by atoms with E-state index in [1.54, 1.807) is 24.1 Å². The summed E-state index contributed by atoms with van der Waals surface area (Å²) in [6, 6.07) is 4.75. The zero-order chi connectivity index (χ0) is 13.8. The van der Waals surface area contributed by atoms with Crippen molar-refractivity contribution in [3.05, 3.63) is 35.1 Å². The predicted molar refractivity (Wildman–Crippen MR) is 73.7 cm³/mol. The third kappa shape index (κ3) is 3.53. The van der Waals surface area contributed by atoms with Gasteiger partial charge in [0.2, 0.25) is 0 Å². The molecule has 1 fully saturated rings. The van der Waals surface area contributed by atoms with E-state index >= 15 is 0 Å². The minimum absolute atomic E-state index is 0.164. The van der Waals surface area contributed by atoms with E-state index < -0.39 is 5.82 Å². The van der Waals surface area contributed by atoms with Crippen LogP contribution >= 0.6 is 0 Å². The summed E-state index contributed by atoms with van der Waals surface area (Å²) in [7, 11) is 1.75. The summed E-state index contributed by atoms with van der Waals surface area (Å²) in [5, 5.41) is 3.33. The summed E-state index contributed by atoms with van der Waals surface area (Å²) in [6.45, 7) is 4.49. The molecule has 104 valence electrons. The summed E-state index contributed by atoms with van der Waals surface area (Å²) >= 11 is 0. The first-order valence-electron chi connectivity index (χ1n) is 6.80. The third-order valence-electron chi connectivity index (χ3n) is 3.63. The SMILES string of the molecule is Cc1ccc(C(=O)N(C)CC2CCCNC2)c(F)c1. The van der Waals surface area contributed by atoms with Crippen LogP contribution in [-0.2, 0) is 0 Å². The van der Waals surface area contributed by atoms with Gasteiger partial charge in [-0.25, -0.2) is 4.39 Å². The van der Waals surface area contributed by atoms with Gasteiger partial charge in [0.15, 0.2) is 0 Å². The van der Waals surface area contributed by atoms with Gasteiger partial charge in [-0.2, -0.15) is 0 Å². The van der Waals surface area contributed by atoms with E-state index in [4.69, 9.17) is 0 Å². The number of benzene rings is 1. The number of aryl methyl sites for hydroxylation is 1. The number of nitrogens with zero attached hydrogens (tertiary/aromatic N) is 1. The summed E-state index contributed by atoms with van der Waals surface area (Å²) < 4.78 is 13.8. The number of nitrogens with one attached hydrogen (secondary N) is 1. The second kappa shape index (κ2) is 6.15. The highest BCUT2D eigenvalue weighted by atomic mass is 19.1. The molecule has 2 rings (SSSR count). The Morgan fingerprint density at radius 2 is 2.32 bits per heavy atom. The summed E-state index contributed by atoms with van der Waals surface area (Å²) in [5.74, 6) is -0.196. The highest BCUT2D eigenvalue weighted by Crippen LogP contribution is 2.15. The largest absolute Gasteiger partial charge is 0.341 e. The molecular formula is C15H21FN2O. The Morgan fingerprint density at radius 1 is 1.53 bits per heavy atom.